The molecule has 0 amide bonds. The van der Waals surface area contributed by atoms with E-state index in [4.69, 9.17) is 26.2 Å². The largest absolute Gasteiger partial charge is 0.478 e. The van der Waals surface area contributed by atoms with Crippen LogP contribution >= 0.6 is 11.6 Å². The summed E-state index contributed by atoms with van der Waals surface area (Å²) >= 11 is 6.35. The van der Waals surface area contributed by atoms with Crippen molar-refractivity contribution < 1.29 is 39.8 Å². The van der Waals surface area contributed by atoms with Gasteiger partial charge in [0.2, 0.25) is 6.29 Å². The van der Waals surface area contributed by atoms with E-state index in [2.05, 4.69) is 0 Å². The molecule has 5 N–H and O–H groups in total. The third-order valence-electron chi connectivity index (χ3n) is 5.22. The molecular weight excluding hydrogens is 430 g/mol. The lowest BCUT2D eigenvalue weighted by Gasteiger charge is -2.39. The maximum Gasteiger partial charge on any atom is 0.335 e. The lowest BCUT2D eigenvalue weighted by molar-refractivity contribution is -0.277. The van der Waals surface area contributed by atoms with E-state index in [0.717, 1.165) is 10.9 Å². The third-order valence-corrected chi connectivity index (χ3v) is 5.52. The van der Waals surface area contributed by atoms with Crippen molar-refractivity contribution in [1.29, 1.82) is 0 Å². The van der Waals surface area contributed by atoms with E-state index < -0.39 is 43.3 Å². The van der Waals surface area contributed by atoms with E-state index in [1.807, 2.05) is 4.57 Å². The second-order valence-electron chi connectivity index (χ2n) is 7.19. The number of aromatic carboxylic acids is 1. The number of aliphatic hydroxyl groups is 4. The Balaban J connectivity index is 1.59. The molecule has 0 bridgehead atoms. The molecule has 1 fully saturated rings. The van der Waals surface area contributed by atoms with Crippen LogP contribution in [0.15, 0.2) is 48.7 Å². The first-order chi connectivity index (χ1) is 14.8. The minimum Gasteiger partial charge on any atom is -0.478 e. The van der Waals surface area contributed by atoms with Crippen LogP contribution in [0.3, 0.4) is 0 Å². The van der Waals surface area contributed by atoms with Gasteiger partial charge in [-0.3, -0.25) is 0 Å². The maximum atomic E-state index is 11.2. The van der Waals surface area contributed by atoms with Gasteiger partial charge in [-0.2, -0.15) is 0 Å². The van der Waals surface area contributed by atoms with Crippen LogP contribution in [0.2, 0.25) is 5.02 Å². The molecule has 31 heavy (non-hydrogen) atoms. The molecular formula is C21H20ClNO8. The van der Waals surface area contributed by atoms with Crippen molar-refractivity contribution in [2.24, 2.45) is 0 Å². The topological polar surface area (TPSA) is 142 Å². The van der Waals surface area contributed by atoms with Crippen LogP contribution in [-0.2, 0) is 4.74 Å². The van der Waals surface area contributed by atoms with Crippen LogP contribution < -0.4 is 4.74 Å². The van der Waals surface area contributed by atoms with Gasteiger partial charge in [-0.1, -0.05) is 11.6 Å². The summed E-state index contributed by atoms with van der Waals surface area (Å²) in [6.07, 6.45) is -5.26. The number of fused-ring (bicyclic) bond motifs is 1. The molecule has 164 valence electrons. The highest BCUT2D eigenvalue weighted by Gasteiger charge is 2.44. The Morgan fingerprint density at radius 1 is 1.06 bits per heavy atom. The highest BCUT2D eigenvalue weighted by Crippen LogP contribution is 2.32. The maximum absolute atomic E-state index is 11.2. The zero-order valence-corrected chi connectivity index (χ0v) is 16.8. The first kappa shape index (κ1) is 21.6. The van der Waals surface area contributed by atoms with Crippen molar-refractivity contribution in [1.82, 2.24) is 4.57 Å². The van der Waals surface area contributed by atoms with Crippen molar-refractivity contribution in [2.45, 2.75) is 30.7 Å². The molecule has 0 spiro atoms. The molecule has 2 aromatic carbocycles. The summed E-state index contributed by atoms with van der Waals surface area (Å²) in [5.41, 5.74) is 1.65. The Morgan fingerprint density at radius 3 is 2.52 bits per heavy atom. The fourth-order valence-corrected chi connectivity index (χ4v) is 3.75. The average Bonchev–Trinajstić information content (AvgIpc) is 3.18. The summed E-state index contributed by atoms with van der Waals surface area (Å²) in [7, 11) is 0. The van der Waals surface area contributed by atoms with E-state index in [9.17, 15) is 25.2 Å². The highest BCUT2D eigenvalue weighted by molar-refractivity contribution is 6.32. The summed E-state index contributed by atoms with van der Waals surface area (Å²) in [6.45, 7) is -0.568. The molecule has 3 aromatic rings. The van der Waals surface area contributed by atoms with Gasteiger partial charge in [0.05, 0.1) is 22.7 Å². The Hall–Kier alpha value is -2.66. The average molecular weight is 450 g/mol. The minimum atomic E-state index is -1.56. The second kappa shape index (κ2) is 8.46. The number of nitrogens with zero attached hydrogens (tertiary/aromatic N) is 1. The summed E-state index contributed by atoms with van der Waals surface area (Å²) in [4.78, 5) is 11.2. The van der Waals surface area contributed by atoms with E-state index in [1.54, 1.807) is 42.6 Å². The Morgan fingerprint density at radius 2 is 1.84 bits per heavy atom. The molecule has 1 aliphatic rings. The Labute approximate surface area is 181 Å². The van der Waals surface area contributed by atoms with Crippen LogP contribution in [0.5, 0.6) is 5.75 Å². The van der Waals surface area contributed by atoms with Gasteiger partial charge in [0.15, 0.2) is 0 Å². The molecule has 1 aromatic heterocycles. The van der Waals surface area contributed by atoms with Gasteiger partial charge in [-0.25, -0.2) is 4.79 Å². The molecule has 0 saturated carbocycles. The smallest absolute Gasteiger partial charge is 0.335 e. The Kier molecular flexibility index (Phi) is 5.89. The lowest BCUT2D eigenvalue weighted by Crippen LogP contribution is -2.60. The van der Waals surface area contributed by atoms with E-state index in [1.165, 1.54) is 6.07 Å². The van der Waals surface area contributed by atoms with Gasteiger partial charge in [0.1, 0.15) is 30.2 Å². The predicted octanol–water partition coefficient (Wildman–Crippen LogP) is 1.16. The summed E-state index contributed by atoms with van der Waals surface area (Å²) in [6, 6.07) is 11.4. The van der Waals surface area contributed by atoms with Gasteiger partial charge in [-0.15, -0.1) is 0 Å². The van der Waals surface area contributed by atoms with Crippen molar-refractivity contribution in [3.63, 3.8) is 0 Å². The molecule has 0 aliphatic carbocycles. The van der Waals surface area contributed by atoms with E-state index >= 15 is 0 Å². The van der Waals surface area contributed by atoms with Crippen LogP contribution in [0.4, 0.5) is 0 Å². The lowest BCUT2D eigenvalue weighted by atomic mass is 9.99. The number of rotatable bonds is 5. The molecule has 5 atom stereocenters. The van der Waals surface area contributed by atoms with Gasteiger partial charge < -0.3 is 39.6 Å². The number of benzene rings is 2. The first-order valence-electron chi connectivity index (χ1n) is 9.41. The molecule has 10 heteroatoms. The zero-order valence-electron chi connectivity index (χ0n) is 16.0. The van der Waals surface area contributed by atoms with E-state index in [0.29, 0.717) is 5.69 Å². The number of hydrogen-bond acceptors (Lipinski definition) is 7. The summed E-state index contributed by atoms with van der Waals surface area (Å²) < 4.78 is 12.8. The second-order valence-corrected chi connectivity index (χ2v) is 7.60. The van der Waals surface area contributed by atoms with Gasteiger partial charge >= 0.3 is 5.97 Å². The van der Waals surface area contributed by atoms with Gasteiger partial charge in [0.25, 0.3) is 0 Å². The van der Waals surface area contributed by atoms with Crippen molar-refractivity contribution in [3.05, 3.63) is 59.2 Å². The summed E-state index contributed by atoms with van der Waals surface area (Å²) in [5.74, 6) is -0.841. The fourth-order valence-electron chi connectivity index (χ4n) is 3.53. The number of halogens is 1. The Bertz CT molecular complexity index is 1110. The van der Waals surface area contributed by atoms with Gasteiger partial charge in [0, 0.05) is 17.3 Å². The molecule has 4 rings (SSSR count). The van der Waals surface area contributed by atoms with Crippen molar-refractivity contribution in [3.8, 4) is 11.4 Å². The minimum absolute atomic E-state index is 0.166. The molecule has 2 heterocycles. The number of carboxylic acid groups (broad SMARTS) is 1. The van der Waals surface area contributed by atoms with Crippen LogP contribution in [0.25, 0.3) is 16.6 Å². The van der Waals surface area contributed by atoms with Crippen molar-refractivity contribution >= 4 is 28.5 Å². The quantitative estimate of drug-likeness (QED) is 0.390. The monoisotopic (exact) mass is 449 g/mol. The van der Waals surface area contributed by atoms with Crippen LogP contribution in [0, 0.1) is 0 Å². The molecule has 9 nitrogen and oxygen atoms in total. The molecule has 1 aliphatic heterocycles. The zero-order chi connectivity index (χ0) is 22.3. The normalized spacial score (nSPS) is 26.2. The van der Waals surface area contributed by atoms with Crippen molar-refractivity contribution in [2.75, 3.05) is 6.61 Å². The first-order valence-corrected chi connectivity index (χ1v) is 9.79. The number of carboxylic acids is 1. The third kappa shape index (κ3) is 3.99. The van der Waals surface area contributed by atoms with Crippen LogP contribution in [-0.4, -0.2) is 73.4 Å². The molecule has 0 radical (unpaired) electrons. The molecule has 4 unspecified atom stereocenters. The highest BCUT2D eigenvalue weighted by atomic mass is 35.5. The van der Waals surface area contributed by atoms with Crippen LogP contribution in [0.1, 0.15) is 10.4 Å². The van der Waals surface area contributed by atoms with Gasteiger partial charge in [-0.05, 0) is 42.5 Å². The number of aromatic nitrogens is 1. The summed E-state index contributed by atoms with van der Waals surface area (Å²) in [5, 5.41) is 49.3. The predicted molar refractivity (Wildman–Crippen MR) is 110 cm³/mol. The number of ether oxygens (including phenoxy) is 2. The van der Waals surface area contributed by atoms with E-state index in [-0.39, 0.29) is 16.3 Å². The SMILES string of the molecule is O=C(O)c1ccc2c(ccn2-c2ccc(O[C@H]3OC(CO)C(O)C(O)C3O)c(Cl)c2)c1. The number of aliphatic hydroxyl groups excluding tert-OH is 4. The fraction of sp³-hybridized carbons (Fsp3) is 0.286. The molecule has 1 saturated heterocycles. The number of hydrogen-bond donors (Lipinski definition) is 5. The standard InChI is InChI=1S/C21H20ClNO8/c22-13-8-12(23-6-5-10-7-11(20(28)29)1-3-14(10)23)2-4-15(13)30-21-19(27)18(26)17(25)16(9-24)31-21/h1-8,16-19,21,24-27H,9H2,(H,28,29)/t16?,17?,18?,19?,21-/m0/s1. The number of carbonyl (C=O) groups is 1.